The van der Waals surface area contributed by atoms with Gasteiger partial charge in [-0.2, -0.15) is 0 Å². The summed E-state index contributed by atoms with van der Waals surface area (Å²) in [4.78, 5) is 2.55. The van der Waals surface area contributed by atoms with E-state index in [0.717, 1.165) is 19.0 Å². The highest BCUT2D eigenvalue weighted by molar-refractivity contribution is 5.15. The maximum absolute atomic E-state index is 6.57. The standard InChI is InChI=1S/C15H22N2/c16-15-9-5-4-8-14(15)11-17(12-15)10-13-6-2-1-3-7-13/h1-3,6-7,14H,4-5,8-12,16H2. The summed E-state index contributed by atoms with van der Waals surface area (Å²) in [5, 5.41) is 0. The molecule has 3 rings (SSSR count). The van der Waals surface area contributed by atoms with Gasteiger partial charge < -0.3 is 5.73 Å². The minimum Gasteiger partial charge on any atom is -0.324 e. The second kappa shape index (κ2) is 4.43. The molecule has 0 aromatic heterocycles. The molecule has 17 heavy (non-hydrogen) atoms. The molecule has 0 amide bonds. The van der Waals surface area contributed by atoms with Crippen molar-refractivity contribution in [3.05, 3.63) is 35.9 Å². The summed E-state index contributed by atoms with van der Waals surface area (Å²) in [7, 11) is 0. The van der Waals surface area contributed by atoms with Crippen LogP contribution in [0.5, 0.6) is 0 Å². The van der Waals surface area contributed by atoms with Gasteiger partial charge in [-0.05, 0) is 24.3 Å². The fraction of sp³-hybridized carbons (Fsp3) is 0.600. The summed E-state index contributed by atoms with van der Waals surface area (Å²) in [6, 6.07) is 10.8. The lowest BCUT2D eigenvalue weighted by Crippen LogP contribution is -2.49. The largest absolute Gasteiger partial charge is 0.324 e. The van der Waals surface area contributed by atoms with Crippen LogP contribution in [0.3, 0.4) is 0 Å². The van der Waals surface area contributed by atoms with E-state index in [-0.39, 0.29) is 5.54 Å². The van der Waals surface area contributed by atoms with Crippen molar-refractivity contribution in [1.82, 2.24) is 4.90 Å². The first-order valence-electron chi connectivity index (χ1n) is 6.81. The van der Waals surface area contributed by atoms with Gasteiger partial charge in [-0.25, -0.2) is 0 Å². The van der Waals surface area contributed by atoms with Crippen molar-refractivity contribution in [2.24, 2.45) is 11.7 Å². The third kappa shape index (κ3) is 2.24. The minimum atomic E-state index is 0.118. The summed E-state index contributed by atoms with van der Waals surface area (Å²) in [5.41, 5.74) is 8.10. The number of hydrogen-bond donors (Lipinski definition) is 1. The lowest BCUT2D eigenvalue weighted by molar-refractivity contribution is 0.245. The van der Waals surface area contributed by atoms with Gasteiger partial charge in [0.05, 0.1) is 0 Å². The zero-order chi connectivity index (χ0) is 11.7. The summed E-state index contributed by atoms with van der Waals surface area (Å²) in [5.74, 6) is 0.736. The summed E-state index contributed by atoms with van der Waals surface area (Å²) in [6.07, 6.45) is 5.26. The van der Waals surface area contributed by atoms with Crippen LogP contribution in [0.1, 0.15) is 31.2 Å². The number of fused-ring (bicyclic) bond motifs is 1. The summed E-state index contributed by atoms with van der Waals surface area (Å²) < 4.78 is 0. The van der Waals surface area contributed by atoms with E-state index in [1.807, 2.05) is 0 Å². The molecule has 2 aliphatic rings. The topological polar surface area (TPSA) is 29.3 Å². The zero-order valence-corrected chi connectivity index (χ0v) is 10.4. The second-order valence-electron chi connectivity index (χ2n) is 5.83. The van der Waals surface area contributed by atoms with E-state index in [4.69, 9.17) is 5.73 Å². The van der Waals surface area contributed by atoms with Crippen molar-refractivity contribution >= 4 is 0 Å². The number of hydrogen-bond acceptors (Lipinski definition) is 2. The number of nitrogens with two attached hydrogens (primary N) is 1. The zero-order valence-electron chi connectivity index (χ0n) is 10.4. The Hall–Kier alpha value is -0.860. The predicted molar refractivity (Wildman–Crippen MR) is 70.6 cm³/mol. The van der Waals surface area contributed by atoms with Crippen LogP contribution in [0, 0.1) is 5.92 Å². The van der Waals surface area contributed by atoms with E-state index < -0.39 is 0 Å². The van der Waals surface area contributed by atoms with Crippen LogP contribution < -0.4 is 5.73 Å². The molecule has 0 radical (unpaired) electrons. The molecule has 2 unspecified atom stereocenters. The molecular weight excluding hydrogens is 208 g/mol. The summed E-state index contributed by atoms with van der Waals surface area (Å²) >= 11 is 0. The van der Waals surface area contributed by atoms with Crippen molar-refractivity contribution in [3.8, 4) is 0 Å². The van der Waals surface area contributed by atoms with Gasteiger partial charge >= 0.3 is 0 Å². The third-order valence-electron chi connectivity index (χ3n) is 4.50. The average molecular weight is 230 g/mol. The lowest BCUT2D eigenvalue weighted by Gasteiger charge is -2.34. The molecule has 1 heterocycles. The van der Waals surface area contributed by atoms with Crippen molar-refractivity contribution in [2.75, 3.05) is 13.1 Å². The molecule has 1 aliphatic carbocycles. The molecule has 1 aliphatic heterocycles. The molecule has 1 saturated heterocycles. The number of benzene rings is 1. The van der Waals surface area contributed by atoms with E-state index >= 15 is 0 Å². The number of rotatable bonds is 2. The van der Waals surface area contributed by atoms with E-state index in [2.05, 4.69) is 35.2 Å². The van der Waals surface area contributed by atoms with Crippen LogP contribution in [-0.2, 0) is 6.54 Å². The molecule has 0 bridgehead atoms. The maximum Gasteiger partial charge on any atom is 0.0324 e. The van der Waals surface area contributed by atoms with E-state index in [0.29, 0.717) is 0 Å². The Kier molecular flexibility index (Phi) is 2.93. The Morgan fingerprint density at radius 3 is 2.82 bits per heavy atom. The first-order chi connectivity index (χ1) is 8.26. The SMILES string of the molecule is NC12CCCCC1CN(Cc1ccccc1)C2. The molecule has 2 atom stereocenters. The number of likely N-dealkylation sites (tertiary alicyclic amines) is 1. The Morgan fingerprint density at radius 2 is 2.06 bits per heavy atom. The van der Waals surface area contributed by atoms with Crippen molar-refractivity contribution in [2.45, 2.75) is 37.8 Å². The molecule has 1 saturated carbocycles. The van der Waals surface area contributed by atoms with Crippen LogP contribution in [0.15, 0.2) is 30.3 Å². The number of nitrogens with zero attached hydrogens (tertiary/aromatic N) is 1. The highest BCUT2D eigenvalue weighted by atomic mass is 15.2. The molecule has 2 heteroatoms. The lowest BCUT2D eigenvalue weighted by atomic mass is 9.76. The van der Waals surface area contributed by atoms with Gasteiger partial charge in [0.15, 0.2) is 0 Å². The average Bonchev–Trinajstić information content (AvgIpc) is 2.66. The Labute approximate surface area is 104 Å². The summed E-state index contributed by atoms with van der Waals surface area (Å²) in [6.45, 7) is 3.36. The fourth-order valence-corrected chi connectivity index (χ4v) is 3.57. The third-order valence-corrected chi connectivity index (χ3v) is 4.50. The van der Waals surface area contributed by atoms with Crippen LogP contribution >= 0.6 is 0 Å². The fourth-order valence-electron chi connectivity index (χ4n) is 3.57. The van der Waals surface area contributed by atoms with Crippen LogP contribution in [0.2, 0.25) is 0 Å². The smallest absolute Gasteiger partial charge is 0.0324 e. The predicted octanol–water partition coefficient (Wildman–Crippen LogP) is 2.39. The van der Waals surface area contributed by atoms with E-state index in [9.17, 15) is 0 Å². The normalized spacial score (nSPS) is 33.6. The van der Waals surface area contributed by atoms with Crippen molar-refractivity contribution in [3.63, 3.8) is 0 Å². The monoisotopic (exact) mass is 230 g/mol. The van der Waals surface area contributed by atoms with Gasteiger partial charge in [0, 0.05) is 25.2 Å². The molecule has 2 N–H and O–H groups in total. The quantitative estimate of drug-likeness (QED) is 0.845. The molecule has 0 spiro atoms. The van der Waals surface area contributed by atoms with Gasteiger partial charge in [0.1, 0.15) is 0 Å². The van der Waals surface area contributed by atoms with Gasteiger partial charge in [-0.3, -0.25) is 4.90 Å². The van der Waals surface area contributed by atoms with E-state index in [1.54, 1.807) is 0 Å². The molecule has 2 nitrogen and oxygen atoms in total. The highest BCUT2D eigenvalue weighted by Gasteiger charge is 2.44. The van der Waals surface area contributed by atoms with Crippen LogP contribution in [0.25, 0.3) is 0 Å². The molecule has 1 aromatic carbocycles. The van der Waals surface area contributed by atoms with Crippen molar-refractivity contribution in [1.29, 1.82) is 0 Å². The van der Waals surface area contributed by atoms with E-state index in [1.165, 1.54) is 37.8 Å². The minimum absolute atomic E-state index is 0.118. The first-order valence-corrected chi connectivity index (χ1v) is 6.81. The Balaban J connectivity index is 1.67. The van der Waals surface area contributed by atoms with Gasteiger partial charge in [-0.1, -0.05) is 43.2 Å². The van der Waals surface area contributed by atoms with Crippen molar-refractivity contribution < 1.29 is 0 Å². The molecule has 92 valence electrons. The second-order valence-corrected chi connectivity index (χ2v) is 5.83. The molecular formula is C15H22N2. The highest BCUT2D eigenvalue weighted by Crippen LogP contribution is 2.38. The van der Waals surface area contributed by atoms with Crippen LogP contribution in [-0.4, -0.2) is 23.5 Å². The van der Waals surface area contributed by atoms with Crippen LogP contribution in [0.4, 0.5) is 0 Å². The molecule has 1 aromatic rings. The molecule has 2 fully saturated rings. The first kappa shape index (κ1) is 11.2. The Bertz CT molecular complexity index is 376. The van der Waals surface area contributed by atoms with Gasteiger partial charge in [-0.15, -0.1) is 0 Å². The maximum atomic E-state index is 6.57. The Morgan fingerprint density at radius 1 is 1.24 bits per heavy atom. The van der Waals surface area contributed by atoms with Gasteiger partial charge in [0.25, 0.3) is 0 Å². The van der Waals surface area contributed by atoms with Gasteiger partial charge in [0.2, 0.25) is 0 Å².